The fourth-order valence-electron chi connectivity index (χ4n) is 3.13. The Labute approximate surface area is 166 Å². The molecular weight excluding hydrogens is 368 g/mol. The Morgan fingerprint density at radius 3 is 2.79 bits per heavy atom. The molecule has 0 amide bonds. The molecule has 0 aliphatic carbocycles. The minimum Gasteiger partial charge on any atom is -0.355 e. The fraction of sp³-hybridized carbons (Fsp3) is 0.190. The van der Waals surface area contributed by atoms with Gasteiger partial charge in [-0.1, -0.05) is 24.3 Å². The van der Waals surface area contributed by atoms with E-state index in [1.54, 1.807) is 25.4 Å². The number of nitrogens with zero attached hydrogens (tertiary/aromatic N) is 4. The van der Waals surface area contributed by atoms with Crippen molar-refractivity contribution in [2.45, 2.75) is 19.4 Å². The molecule has 0 aliphatic rings. The van der Waals surface area contributed by atoms with Crippen molar-refractivity contribution >= 4 is 16.7 Å². The van der Waals surface area contributed by atoms with Crippen LogP contribution in [0.2, 0.25) is 0 Å². The van der Waals surface area contributed by atoms with Crippen molar-refractivity contribution in [1.82, 2.24) is 24.7 Å². The third kappa shape index (κ3) is 4.06. The van der Waals surface area contributed by atoms with Crippen LogP contribution < -0.4 is 16.4 Å². The van der Waals surface area contributed by atoms with Crippen LogP contribution in [0.25, 0.3) is 10.8 Å². The maximum absolute atomic E-state index is 12.8. The topological polar surface area (TPSA) is 106 Å². The van der Waals surface area contributed by atoms with Gasteiger partial charge in [-0.3, -0.25) is 19.6 Å². The van der Waals surface area contributed by atoms with Crippen LogP contribution >= 0.6 is 0 Å². The number of benzene rings is 1. The Kier molecular flexibility index (Phi) is 5.15. The molecule has 146 valence electrons. The Bertz CT molecular complexity index is 1250. The van der Waals surface area contributed by atoms with Gasteiger partial charge in [0, 0.05) is 36.3 Å². The fourth-order valence-corrected chi connectivity index (χ4v) is 3.13. The molecule has 0 saturated carbocycles. The molecular formula is C21H20N6O2. The summed E-state index contributed by atoms with van der Waals surface area (Å²) in [6.07, 6.45) is 4.08. The molecule has 2 N–H and O–H groups in total. The van der Waals surface area contributed by atoms with E-state index < -0.39 is 6.04 Å². The summed E-state index contributed by atoms with van der Waals surface area (Å²) in [6.45, 7) is 2.36. The van der Waals surface area contributed by atoms with Gasteiger partial charge < -0.3 is 5.32 Å². The van der Waals surface area contributed by atoms with Gasteiger partial charge in [-0.25, -0.2) is 9.67 Å². The lowest BCUT2D eigenvalue weighted by Gasteiger charge is -2.15. The van der Waals surface area contributed by atoms with E-state index in [0.717, 1.165) is 11.1 Å². The normalized spacial score (nSPS) is 12.0. The molecule has 29 heavy (non-hydrogen) atoms. The zero-order valence-electron chi connectivity index (χ0n) is 15.9. The summed E-state index contributed by atoms with van der Waals surface area (Å²) in [4.78, 5) is 36.4. The predicted octanol–water partition coefficient (Wildman–Crippen LogP) is 2.14. The zero-order chi connectivity index (χ0) is 20.2. The molecule has 0 aliphatic heterocycles. The smallest absolute Gasteiger partial charge is 0.275 e. The number of rotatable bonds is 6. The molecule has 1 aromatic carbocycles. The summed E-state index contributed by atoms with van der Waals surface area (Å²) in [7, 11) is 0. The Morgan fingerprint density at radius 2 is 1.97 bits per heavy atom. The highest BCUT2D eigenvalue weighted by atomic mass is 16.1. The van der Waals surface area contributed by atoms with E-state index in [-0.39, 0.29) is 11.1 Å². The lowest BCUT2D eigenvalue weighted by molar-refractivity contribution is 0.524. The van der Waals surface area contributed by atoms with Crippen molar-refractivity contribution < 1.29 is 0 Å². The predicted molar refractivity (Wildman–Crippen MR) is 111 cm³/mol. The first-order valence-electron chi connectivity index (χ1n) is 9.33. The molecule has 0 saturated heterocycles. The van der Waals surface area contributed by atoms with Crippen molar-refractivity contribution in [2.24, 2.45) is 0 Å². The number of fused-ring (bicyclic) bond motifs is 1. The summed E-state index contributed by atoms with van der Waals surface area (Å²) in [5, 5.41) is 8.73. The third-order valence-electron chi connectivity index (χ3n) is 4.68. The number of hydrogen-bond acceptors (Lipinski definition) is 6. The van der Waals surface area contributed by atoms with Crippen LogP contribution in [-0.2, 0) is 6.42 Å². The summed E-state index contributed by atoms with van der Waals surface area (Å²) in [5.74, 6) is 0.351. The van der Waals surface area contributed by atoms with Crippen molar-refractivity contribution in [1.29, 1.82) is 0 Å². The van der Waals surface area contributed by atoms with Crippen LogP contribution in [0.4, 0.5) is 5.95 Å². The van der Waals surface area contributed by atoms with Gasteiger partial charge in [0.15, 0.2) is 0 Å². The zero-order valence-corrected chi connectivity index (χ0v) is 15.9. The summed E-state index contributed by atoms with van der Waals surface area (Å²) >= 11 is 0. The van der Waals surface area contributed by atoms with Gasteiger partial charge in [0.25, 0.3) is 11.1 Å². The standard InChI is InChI=1S/C21H20N6O2/c1-14(27-20(29)17-8-3-2-6-15(17)13-24-27)18-12-19(28)26-21(25-18)23-11-9-16-7-4-5-10-22-16/h2-8,10,12-14H,9,11H2,1H3,(H2,23,25,26,28)/t14-/m0/s1. The second kappa shape index (κ2) is 8.05. The van der Waals surface area contributed by atoms with Crippen LogP contribution in [0, 0.1) is 0 Å². The number of H-pyrrole nitrogens is 1. The molecule has 0 bridgehead atoms. The number of pyridine rings is 1. The van der Waals surface area contributed by atoms with Crippen molar-refractivity contribution in [2.75, 3.05) is 11.9 Å². The average molecular weight is 388 g/mol. The molecule has 4 rings (SSSR count). The Hall–Kier alpha value is -3.81. The molecule has 1 atom stereocenters. The minimum atomic E-state index is -0.495. The Balaban J connectivity index is 1.58. The van der Waals surface area contributed by atoms with Crippen molar-refractivity contribution in [3.63, 3.8) is 0 Å². The van der Waals surface area contributed by atoms with E-state index in [1.165, 1.54) is 10.7 Å². The molecule has 4 aromatic rings. The number of aromatic amines is 1. The van der Waals surface area contributed by atoms with Gasteiger partial charge in [0.05, 0.1) is 23.3 Å². The summed E-state index contributed by atoms with van der Waals surface area (Å²) in [6, 6.07) is 13.9. The molecule has 0 unspecified atom stereocenters. The second-order valence-electron chi connectivity index (χ2n) is 6.67. The lowest BCUT2D eigenvalue weighted by Crippen LogP contribution is -2.28. The van der Waals surface area contributed by atoms with Crippen LogP contribution in [-0.4, -0.2) is 31.3 Å². The molecule has 8 heteroatoms. The molecule has 8 nitrogen and oxygen atoms in total. The molecule has 0 radical (unpaired) electrons. The second-order valence-corrected chi connectivity index (χ2v) is 6.67. The van der Waals surface area contributed by atoms with Crippen LogP contribution in [0.1, 0.15) is 24.4 Å². The first kappa shape index (κ1) is 18.5. The van der Waals surface area contributed by atoms with Gasteiger partial charge in [-0.05, 0) is 25.1 Å². The highest BCUT2D eigenvalue weighted by Gasteiger charge is 2.15. The monoisotopic (exact) mass is 388 g/mol. The maximum Gasteiger partial charge on any atom is 0.275 e. The Morgan fingerprint density at radius 1 is 1.14 bits per heavy atom. The van der Waals surface area contributed by atoms with Gasteiger partial charge >= 0.3 is 0 Å². The molecule has 3 heterocycles. The minimum absolute atomic E-state index is 0.220. The van der Waals surface area contributed by atoms with Crippen molar-refractivity contribution in [3.05, 3.63) is 93.0 Å². The van der Waals surface area contributed by atoms with Gasteiger partial charge in [0.2, 0.25) is 5.95 Å². The highest BCUT2D eigenvalue weighted by molar-refractivity contribution is 5.80. The molecule has 0 fully saturated rings. The summed E-state index contributed by atoms with van der Waals surface area (Å²) in [5.41, 5.74) is 0.885. The number of aromatic nitrogens is 5. The first-order chi connectivity index (χ1) is 14.1. The molecule has 3 aromatic heterocycles. The maximum atomic E-state index is 12.8. The van der Waals surface area contributed by atoms with E-state index >= 15 is 0 Å². The van der Waals surface area contributed by atoms with E-state index in [9.17, 15) is 9.59 Å². The number of anilines is 1. The summed E-state index contributed by atoms with van der Waals surface area (Å²) < 4.78 is 1.35. The van der Waals surface area contributed by atoms with Crippen LogP contribution in [0.5, 0.6) is 0 Å². The SMILES string of the molecule is C[C@@H](c1cc(=O)[nH]c(NCCc2ccccn2)n1)n1ncc2ccccc2c1=O. The van der Waals surface area contributed by atoms with Gasteiger partial charge in [0.1, 0.15) is 0 Å². The van der Waals surface area contributed by atoms with E-state index in [1.807, 2.05) is 36.4 Å². The van der Waals surface area contributed by atoms with E-state index in [4.69, 9.17) is 0 Å². The van der Waals surface area contributed by atoms with Gasteiger partial charge in [-0.15, -0.1) is 0 Å². The lowest BCUT2D eigenvalue weighted by atomic mass is 10.2. The van der Waals surface area contributed by atoms with E-state index in [0.29, 0.717) is 30.0 Å². The van der Waals surface area contributed by atoms with E-state index in [2.05, 4.69) is 25.4 Å². The third-order valence-corrected chi connectivity index (χ3v) is 4.68. The number of nitrogens with one attached hydrogen (secondary N) is 2. The highest BCUT2D eigenvalue weighted by Crippen LogP contribution is 2.14. The van der Waals surface area contributed by atoms with Gasteiger partial charge in [-0.2, -0.15) is 5.10 Å². The van der Waals surface area contributed by atoms with Crippen molar-refractivity contribution in [3.8, 4) is 0 Å². The molecule has 0 spiro atoms. The quantitative estimate of drug-likeness (QED) is 0.524. The van der Waals surface area contributed by atoms with Crippen LogP contribution in [0.3, 0.4) is 0 Å². The largest absolute Gasteiger partial charge is 0.355 e. The van der Waals surface area contributed by atoms with Crippen LogP contribution in [0.15, 0.2) is 70.5 Å². The average Bonchev–Trinajstić information content (AvgIpc) is 2.74. The first-order valence-corrected chi connectivity index (χ1v) is 9.33. The number of hydrogen-bond donors (Lipinski definition) is 2.